The van der Waals surface area contributed by atoms with Gasteiger partial charge in [0.15, 0.2) is 0 Å². The number of thiol groups is 1. The second-order valence-electron chi connectivity index (χ2n) is 12.6. The summed E-state index contributed by atoms with van der Waals surface area (Å²) >= 11 is 4.50. The van der Waals surface area contributed by atoms with Crippen molar-refractivity contribution in [1.29, 1.82) is 0 Å². The van der Waals surface area contributed by atoms with E-state index < -0.39 is 40.0 Å². The zero-order chi connectivity index (χ0) is 33.9. The van der Waals surface area contributed by atoms with Crippen LogP contribution in [0.5, 0.6) is 5.75 Å². The van der Waals surface area contributed by atoms with Crippen LogP contribution in [0.4, 0.5) is 0 Å². The number of carbonyl (C=O) groups is 3. The monoisotopic (exact) mass is 674 g/mol. The zero-order valence-electron chi connectivity index (χ0n) is 26.7. The Balaban J connectivity index is 1.27. The van der Waals surface area contributed by atoms with Gasteiger partial charge in [-0.25, -0.2) is 18.0 Å². The lowest BCUT2D eigenvalue weighted by Crippen LogP contribution is -2.51. The lowest BCUT2D eigenvalue weighted by atomic mass is 9.87. The van der Waals surface area contributed by atoms with Gasteiger partial charge in [0.25, 0.3) is 0 Å². The summed E-state index contributed by atoms with van der Waals surface area (Å²) in [5.74, 6) is -1.49. The van der Waals surface area contributed by atoms with E-state index in [1.807, 2.05) is 36.4 Å². The van der Waals surface area contributed by atoms with Crippen LogP contribution in [0.15, 0.2) is 95.9 Å². The van der Waals surface area contributed by atoms with Crippen LogP contribution in [0.1, 0.15) is 48.7 Å². The third-order valence-corrected chi connectivity index (χ3v) is 10.5. The lowest BCUT2D eigenvalue weighted by molar-refractivity contribution is -0.145. The number of carbonyl (C=O) groups excluding carboxylic acids is 3. The average molecular weight is 675 g/mol. The largest absolute Gasteiger partial charge is 0.467 e. The third-order valence-electron chi connectivity index (χ3n) is 8.23. The number of methoxy groups -OCH3 is 1. The van der Waals surface area contributed by atoms with E-state index in [1.54, 1.807) is 48.5 Å². The van der Waals surface area contributed by atoms with Gasteiger partial charge in [0.2, 0.25) is 15.9 Å². The summed E-state index contributed by atoms with van der Waals surface area (Å²) in [6.45, 7) is 6.32. The Morgan fingerprint density at radius 2 is 1.60 bits per heavy atom. The standard InChI is InChI=1S/C36H38N2O7S2/c1-36(2,3)27-14-11-25(12-15-27)34(40)45-28-16-9-23(10-17-28)19-31(35(41)44-4)37-33(39)32-21-29(46)22-38(32)47(42,43)30-18-13-24-7-5-6-8-26(24)20-30/h5-18,20,29,31-32,46H,19,21-22H2,1-4H3,(H,37,39)/t29-,31?,32-/m0/s1. The zero-order valence-corrected chi connectivity index (χ0v) is 28.4. The summed E-state index contributed by atoms with van der Waals surface area (Å²) in [7, 11) is -2.84. The van der Waals surface area contributed by atoms with Gasteiger partial charge in [-0.1, -0.05) is 75.4 Å². The molecule has 1 saturated heterocycles. The van der Waals surface area contributed by atoms with Crippen molar-refractivity contribution in [3.05, 3.63) is 108 Å². The van der Waals surface area contributed by atoms with Crippen molar-refractivity contribution in [3.63, 3.8) is 0 Å². The van der Waals surface area contributed by atoms with E-state index in [1.165, 1.54) is 13.2 Å². The maximum atomic E-state index is 13.7. The molecular weight excluding hydrogens is 637 g/mol. The van der Waals surface area contributed by atoms with Gasteiger partial charge in [-0.15, -0.1) is 0 Å². The Morgan fingerprint density at radius 3 is 2.23 bits per heavy atom. The predicted octanol–water partition coefficient (Wildman–Crippen LogP) is 5.32. The first-order valence-electron chi connectivity index (χ1n) is 15.2. The first kappa shape index (κ1) is 34.2. The maximum Gasteiger partial charge on any atom is 0.343 e. The Bertz CT molecular complexity index is 1890. The normalized spacial score (nSPS) is 17.6. The fourth-order valence-corrected chi connectivity index (χ4v) is 7.72. The van der Waals surface area contributed by atoms with Gasteiger partial charge in [-0.05, 0) is 70.1 Å². The summed E-state index contributed by atoms with van der Waals surface area (Å²) in [5.41, 5.74) is 2.14. The van der Waals surface area contributed by atoms with Gasteiger partial charge in [0.1, 0.15) is 17.8 Å². The van der Waals surface area contributed by atoms with Crippen molar-refractivity contribution < 1.29 is 32.3 Å². The minimum Gasteiger partial charge on any atom is -0.467 e. The molecule has 3 atom stereocenters. The number of benzene rings is 4. The maximum absolute atomic E-state index is 13.7. The molecule has 4 aromatic rings. The fraction of sp³-hybridized carbons (Fsp3) is 0.306. The summed E-state index contributed by atoms with van der Waals surface area (Å²) < 4.78 is 39.1. The van der Waals surface area contributed by atoms with E-state index in [2.05, 4.69) is 38.7 Å². The second-order valence-corrected chi connectivity index (χ2v) is 15.3. The Kier molecular flexibility index (Phi) is 10.1. The Hall–Kier alpha value is -4.19. The molecule has 9 nitrogen and oxygen atoms in total. The molecule has 1 aliphatic rings. The topological polar surface area (TPSA) is 119 Å². The molecule has 246 valence electrons. The summed E-state index contributed by atoms with van der Waals surface area (Å²) in [6.07, 6.45) is 0.240. The van der Waals surface area contributed by atoms with E-state index in [0.717, 1.165) is 20.6 Å². The van der Waals surface area contributed by atoms with E-state index >= 15 is 0 Å². The molecule has 1 fully saturated rings. The molecule has 5 rings (SSSR count). The highest BCUT2D eigenvalue weighted by Crippen LogP contribution is 2.31. The van der Waals surface area contributed by atoms with Crippen LogP contribution in [-0.4, -0.2) is 61.6 Å². The first-order valence-corrected chi connectivity index (χ1v) is 17.2. The first-order chi connectivity index (χ1) is 22.3. The smallest absolute Gasteiger partial charge is 0.343 e. The van der Waals surface area contributed by atoms with Crippen LogP contribution in [0.3, 0.4) is 0 Å². The number of nitrogens with zero attached hydrogens (tertiary/aromatic N) is 1. The molecule has 4 aromatic carbocycles. The summed E-state index contributed by atoms with van der Waals surface area (Å²) in [6, 6.07) is 24.0. The molecule has 0 aromatic heterocycles. The lowest BCUT2D eigenvalue weighted by Gasteiger charge is -2.25. The van der Waals surface area contributed by atoms with Gasteiger partial charge in [0, 0.05) is 18.2 Å². The highest BCUT2D eigenvalue weighted by molar-refractivity contribution is 7.89. The number of fused-ring (bicyclic) bond motifs is 1. The van der Waals surface area contributed by atoms with Crippen LogP contribution in [-0.2, 0) is 36.2 Å². The minimum absolute atomic E-state index is 0.0408. The van der Waals surface area contributed by atoms with Gasteiger partial charge in [0.05, 0.1) is 17.6 Å². The molecule has 0 saturated carbocycles. The number of ether oxygens (including phenoxy) is 2. The van der Waals surface area contributed by atoms with Gasteiger partial charge in [-0.2, -0.15) is 16.9 Å². The van der Waals surface area contributed by atoms with Crippen molar-refractivity contribution in [2.24, 2.45) is 0 Å². The molecule has 1 heterocycles. The molecule has 0 aliphatic carbocycles. The molecular formula is C36H38N2O7S2. The van der Waals surface area contributed by atoms with Crippen LogP contribution < -0.4 is 10.1 Å². The highest BCUT2D eigenvalue weighted by atomic mass is 32.2. The van der Waals surface area contributed by atoms with Crippen molar-refractivity contribution in [3.8, 4) is 5.75 Å². The van der Waals surface area contributed by atoms with E-state index in [-0.39, 0.29) is 34.9 Å². The molecule has 1 aliphatic heterocycles. The van der Waals surface area contributed by atoms with Crippen molar-refractivity contribution in [2.45, 2.75) is 61.3 Å². The predicted molar refractivity (Wildman–Crippen MR) is 183 cm³/mol. The van der Waals surface area contributed by atoms with E-state index in [4.69, 9.17) is 9.47 Å². The van der Waals surface area contributed by atoms with E-state index in [0.29, 0.717) is 16.9 Å². The molecule has 1 unspecified atom stereocenters. The molecule has 1 amide bonds. The van der Waals surface area contributed by atoms with E-state index in [9.17, 15) is 22.8 Å². The molecule has 0 radical (unpaired) electrons. The van der Waals surface area contributed by atoms with Crippen LogP contribution >= 0.6 is 12.6 Å². The fourth-order valence-electron chi connectivity index (χ4n) is 5.56. The quantitative estimate of drug-likeness (QED) is 0.140. The number of nitrogens with one attached hydrogen (secondary N) is 1. The minimum atomic E-state index is -4.06. The van der Waals surface area contributed by atoms with Crippen LogP contribution in [0, 0.1) is 0 Å². The molecule has 0 bridgehead atoms. The van der Waals surface area contributed by atoms with Crippen molar-refractivity contribution in [2.75, 3.05) is 13.7 Å². The number of sulfonamides is 1. The summed E-state index contributed by atoms with van der Waals surface area (Å²) in [5, 5.41) is 3.99. The molecule has 11 heteroatoms. The highest BCUT2D eigenvalue weighted by Gasteiger charge is 2.44. The average Bonchev–Trinajstić information content (AvgIpc) is 3.47. The number of rotatable bonds is 9. The SMILES string of the molecule is COC(=O)C(Cc1ccc(OC(=O)c2ccc(C(C)(C)C)cc2)cc1)NC(=O)[C@@H]1C[C@H](S)CN1S(=O)(=O)c1ccc2ccccc2c1. The summed E-state index contributed by atoms with van der Waals surface area (Å²) in [4.78, 5) is 39.1. The molecule has 47 heavy (non-hydrogen) atoms. The van der Waals surface area contributed by atoms with Gasteiger partial charge >= 0.3 is 11.9 Å². The van der Waals surface area contributed by atoms with Crippen LogP contribution in [0.2, 0.25) is 0 Å². The second kappa shape index (κ2) is 13.9. The number of hydrogen-bond donors (Lipinski definition) is 2. The molecule has 0 spiro atoms. The Morgan fingerprint density at radius 1 is 0.936 bits per heavy atom. The third kappa shape index (κ3) is 7.86. The Labute approximate surface area is 280 Å². The molecule has 1 N–H and O–H groups in total. The van der Waals surface area contributed by atoms with Crippen molar-refractivity contribution in [1.82, 2.24) is 9.62 Å². The number of amides is 1. The number of esters is 2. The van der Waals surface area contributed by atoms with Gasteiger partial charge in [-0.3, -0.25) is 4.79 Å². The van der Waals surface area contributed by atoms with Gasteiger partial charge < -0.3 is 14.8 Å². The van der Waals surface area contributed by atoms with Crippen LogP contribution in [0.25, 0.3) is 10.8 Å². The number of hydrogen-bond acceptors (Lipinski definition) is 8. The van der Waals surface area contributed by atoms with Crippen molar-refractivity contribution >= 4 is 51.3 Å².